The van der Waals surface area contributed by atoms with Crippen molar-refractivity contribution in [3.8, 4) is 0 Å². The van der Waals surface area contributed by atoms with Crippen LogP contribution in [0.5, 0.6) is 0 Å². The van der Waals surface area contributed by atoms with Crippen molar-refractivity contribution in [2.24, 2.45) is 4.99 Å². The molecular formula is C12H11N3. The van der Waals surface area contributed by atoms with Gasteiger partial charge in [-0.05, 0) is 12.1 Å². The van der Waals surface area contributed by atoms with Crippen LogP contribution in [0, 0.1) is 0 Å². The number of amidine groups is 1. The molecule has 0 spiro atoms. The van der Waals surface area contributed by atoms with Crippen molar-refractivity contribution in [3.05, 3.63) is 54.4 Å². The van der Waals surface area contributed by atoms with Crippen LogP contribution in [0.25, 0.3) is 0 Å². The lowest BCUT2D eigenvalue weighted by molar-refractivity contribution is 0.695. The first-order chi connectivity index (χ1) is 7.43. The van der Waals surface area contributed by atoms with Gasteiger partial charge in [0.2, 0.25) is 0 Å². The van der Waals surface area contributed by atoms with Crippen molar-refractivity contribution in [2.75, 3.05) is 0 Å². The highest BCUT2D eigenvalue weighted by atomic mass is 15.1. The summed E-state index contributed by atoms with van der Waals surface area (Å²) >= 11 is 0. The van der Waals surface area contributed by atoms with E-state index in [-0.39, 0.29) is 6.04 Å². The van der Waals surface area contributed by atoms with E-state index in [1.54, 1.807) is 6.20 Å². The van der Waals surface area contributed by atoms with Crippen molar-refractivity contribution < 1.29 is 0 Å². The highest BCUT2D eigenvalue weighted by Gasteiger charge is 2.26. The molecule has 0 saturated carbocycles. The summed E-state index contributed by atoms with van der Waals surface area (Å²) in [6.07, 6.45) is 10.1. The number of pyridine rings is 1. The monoisotopic (exact) mass is 197 g/mol. The summed E-state index contributed by atoms with van der Waals surface area (Å²) in [5, 5.41) is 3.36. The third-order valence-corrected chi connectivity index (χ3v) is 2.59. The Labute approximate surface area is 88.3 Å². The highest BCUT2D eigenvalue weighted by Crippen LogP contribution is 2.16. The molecule has 3 heteroatoms. The third-order valence-electron chi connectivity index (χ3n) is 2.59. The van der Waals surface area contributed by atoms with E-state index in [4.69, 9.17) is 0 Å². The topological polar surface area (TPSA) is 37.3 Å². The lowest BCUT2D eigenvalue weighted by atomic mass is 10.1. The molecule has 1 aromatic rings. The van der Waals surface area contributed by atoms with Crippen LogP contribution in [0.4, 0.5) is 0 Å². The average Bonchev–Trinajstić information content (AvgIpc) is 2.74. The van der Waals surface area contributed by atoms with Gasteiger partial charge in [-0.15, -0.1) is 0 Å². The molecule has 0 bridgehead atoms. The summed E-state index contributed by atoms with van der Waals surface area (Å²) in [6.45, 7) is 0. The van der Waals surface area contributed by atoms with Crippen molar-refractivity contribution in [1.82, 2.24) is 10.3 Å². The van der Waals surface area contributed by atoms with E-state index in [0.29, 0.717) is 6.04 Å². The van der Waals surface area contributed by atoms with Crippen LogP contribution in [-0.2, 0) is 0 Å². The second kappa shape index (κ2) is 3.35. The number of aromatic nitrogens is 1. The van der Waals surface area contributed by atoms with Crippen LogP contribution in [0.3, 0.4) is 0 Å². The minimum absolute atomic E-state index is 0.229. The molecule has 1 aliphatic carbocycles. The van der Waals surface area contributed by atoms with Gasteiger partial charge in [-0.3, -0.25) is 9.98 Å². The van der Waals surface area contributed by atoms with Crippen molar-refractivity contribution in [1.29, 1.82) is 0 Å². The molecule has 0 aromatic carbocycles. The Kier molecular flexibility index (Phi) is 1.88. The molecule has 2 atom stereocenters. The summed E-state index contributed by atoms with van der Waals surface area (Å²) in [7, 11) is 0. The molecule has 2 unspecified atom stereocenters. The normalized spacial score (nSPS) is 27.1. The Hall–Kier alpha value is -1.90. The lowest BCUT2D eigenvalue weighted by Crippen LogP contribution is -2.33. The molecule has 0 amide bonds. The maximum Gasteiger partial charge on any atom is 0.148 e. The van der Waals surface area contributed by atoms with E-state index in [1.165, 1.54) is 0 Å². The first kappa shape index (κ1) is 8.41. The Morgan fingerprint density at radius 3 is 2.87 bits per heavy atom. The van der Waals surface area contributed by atoms with Crippen LogP contribution >= 0.6 is 0 Å². The van der Waals surface area contributed by atoms with Gasteiger partial charge in [-0.1, -0.05) is 30.4 Å². The Morgan fingerprint density at radius 1 is 1.13 bits per heavy atom. The number of aliphatic imine (C=N–C) groups is 1. The predicted octanol–water partition coefficient (Wildman–Crippen LogP) is 1.29. The molecule has 1 aromatic heterocycles. The van der Waals surface area contributed by atoms with E-state index < -0.39 is 0 Å². The van der Waals surface area contributed by atoms with Gasteiger partial charge in [0.15, 0.2) is 0 Å². The Bertz CT molecular complexity index is 445. The Balaban J connectivity index is 1.91. The van der Waals surface area contributed by atoms with Gasteiger partial charge in [-0.25, -0.2) is 0 Å². The van der Waals surface area contributed by atoms with E-state index in [1.807, 2.05) is 30.4 Å². The SMILES string of the molecule is C1=CC2N=C(c3ccccn3)NC2C=C1. The Morgan fingerprint density at radius 2 is 2.07 bits per heavy atom. The van der Waals surface area contributed by atoms with E-state index in [0.717, 1.165) is 11.5 Å². The van der Waals surface area contributed by atoms with Crippen LogP contribution < -0.4 is 5.32 Å². The molecule has 2 heterocycles. The molecule has 3 rings (SSSR count). The maximum atomic E-state index is 4.59. The number of hydrogen-bond donors (Lipinski definition) is 1. The molecular weight excluding hydrogens is 186 g/mol. The quantitative estimate of drug-likeness (QED) is 0.736. The molecule has 1 N–H and O–H groups in total. The molecule has 0 fully saturated rings. The van der Waals surface area contributed by atoms with Gasteiger partial charge in [0.25, 0.3) is 0 Å². The molecule has 0 radical (unpaired) electrons. The summed E-state index contributed by atoms with van der Waals surface area (Å²) < 4.78 is 0. The van der Waals surface area contributed by atoms with Crippen LogP contribution in [0.1, 0.15) is 5.69 Å². The summed E-state index contributed by atoms with van der Waals surface area (Å²) in [5.41, 5.74) is 0.911. The van der Waals surface area contributed by atoms with E-state index in [2.05, 4.69) is 27.4 Å². The largest absolute Gasteiger partial charge is 0.360 e. The second-order valence-corrected chi connectivity index (χ2v) is 3.62. The minimum Gasteiger partial charge on any atom is -0.360 e. The highest BCUT2D eigenvalue weighted by molar-refractivity contribution is 5.99. The zero-order valence-corrected chi connectivity index (χ0v) is 8.17. The lowest BCUT2D eigenvalue weighted by Gasteiger charge is -2.13. The molecule has 2 aliphatic rings. The number of nitrogens with zero attached hydrogens (tertiary/aromatic N) is 2. The number of allylic oxidation sites excluding steroid dienone is 2. The summed E-state index contributed by atoms with van der Waals surface area (Å²) in [4.78, 5) is 8.86. The van der Waals surface area contributed by atoms with E-state index >= 15 is 0 Å². The van der Waals surface area contributed by atoms with Gasteiger partial charge >= 0.3 is 0 Å². The number of nitrogens with one attached hydrogen (secondary N) is 1. The van der Waals surface area contributed by atoms with Gasteiger partial charge in [-0.2, -0.15) is 0 Å². The second-order valence-electron chi connectivity index (χ2n) is 3.62. The fourth-order valence-electron chi connectivity index (χ4n) is 1.84. The number of hydrogen-bond acceptors (Lipinski definition) is 3. The standard InChI is InChI=1S/C12H11N3/c1-2-6-10-9(5-1)14-12(15-10)11-7-3-4-8-13-11/h1-10H,(H,14,15). The molecule has 1 aliphatic heterocycles. The van der Waals surface area contributed by atoms with Crippen molar-refractivity contribution >= 4 is 5.84 Å². The number of rotatable bonds is 1. The predicted molar refractivity (Wildman–Crippen MR) is 59.8 cm³/mol. The zero-order valence-electron chi connectivity index (χ0n) is 8.17. The molecule has 74 valence electrons. The van der Waals surface area contributed by atoms with Crippen molar-refractivity contribution in [2.45, 2.75) is 12.1 Å². The first-order valence-corrected chi connectivity index (χ1v) is 5.04. The third kappa shape index (κ3) is 1.46. The summed E-state index contributed by atoms with van der Waals surface area (Å²) in [6, 6.07) is 6.38. The fourth-order valence-corrected chi connectivity index (χ4v) is 1.84. The zero-order chi connectivity index (χ0) is 10.1. The van der Waals surface area contributed by atoms with Crippen molar-refractivity contribution in [3.63, 3.8) is 0 Å². The minimum atomic E-state index is 0.229. The summed E-state index contributed by atoms with van der Waals surface area (Å²) in [5.74, 6) is 0.891. The van der Waals surface area contributed by atoms with Crippen LogP contribution in [0.2, 0.25) is 0 Å². The maximum absolute atomic E-state index is 4.59. The van der Waals surface area contributed by atoms with E-state index in [9.17, 15) is 0 Å². The first-order valence-electron chi connectivity index (χ1n) is 5.04. The van der Waals surface area contributed by atoms with Gasteiger partial charge in [0.1, 0.15) is 11.5 Å². The van der Waals surface area contributed by atoms with Gasteiger partial charge in [0.05, 0.1) is 12.1 Å². The average molecular weight is 197 g/mol. The smallest absolute Gasteiger partial charge is 0.148 e. The molecule has 3 nitrogen and oxygen atoms in total. The van der Waals surface area contributed by atoms with Crippen LogP contribution in [-0.4, -0.2) is 22.9 Å². The van der Waals surface area contributed by atoms with Crippen LogP contribution in [0.15, 0.2) is 53.7 Å². The van der Waals surface area contributed by atoms with Gasteiger partial charge < -0.3 is 5.32 Å². The molecule has 0 saturated heterocycles. The molecule has 15 heavy (non-hydrogen) atoms. The fraction of sp³-hybridized carbons (Fsp3) is 0.167. The van der Waals surface area contributed by atoms with Gasteiger partial charge in [0, 0.05) is 6.20 Å². The number of fused-ring (bicyclic) bond motifs is 1.